The molecule has 32 heavy (non-hydrogen) atoms. The molecule has 0 aromatic heterocycles. The van der Waals surface area contributed by atoms with Crippen LogP contribution >= 0.6 is 73.9 Å². The van der Waals surface area contributed by atoms with E-state index in [0.717, 1.165) is 10.0 Å². The zero-order valence-corrected chi connectivity index (χ0v) is 21.8. The molecule has 9 heteroatoms. The van der Waals surface area contributed by atoms with Gasteiger partial charge in [-0.3, -0.25) is 4.79 Å². The third-order valence-electron chi connectivity index (χ3n) is 4.38. The largest absolute Gasteiger partial charge is 0.496 e. The van der Waals surface area contributed by atoms with Gasteiger partial charge < -0.3 is 9.47 Å². The minimum absolute atomic E-state index is 0.0486. The van der Waals surface area contributed by atoms with Crippen molar-refractivity contribution in [3.8, 4) is 11.5 Å². The Morgan fingerprint density at radius 2 is 1.59 bits per heavy atom. The van der Waals surface area contributed by atoms with Gasteiger partial charge in [0.05, 0.1) is 22.2 Å². The highest BCUT2D eigenvalue weighted by Gasteiger charge is 2.21. The van der Waals surface area contributed by atoms with Gasteiger partial charge in [0.25, 0.3) is 0 Å². The highest BCUT2D eigenvalue weighted by molar-refractivity contribution is 9.10. The van der Waals surface area contributed by atoms with Crippen LogP contribution in [-0.4, -0.2) is 12.9 Å². The van der Waals surface area contributed by atoms with E-state index >= 15 is 0 Å². The highest BCUT2D eigenvalue weighted by Crippen LogP contribution is 2.48. The van der Waals surface area contributed by atoms with E-state index in [9.17, 15) is 4.79 Å². The van der Waals surface area contributed by atoms with Crippen molar-refractivity contribution in [2.24, 2.45) is 0 Å². The van der Waals surface area contributed by atoms with Gasteiger partial charge in [0.15, 0.2) is 11.5 Å². The second-order valence-corrected chi connectivity index (χ2v) is 9.27. The molecule has 3 aromatic rings. The number of hydrogen-bond donors (Lipinski definition) is 0. The molecule has 0 saturated carbocycles. The summed E-state index contributed by atoms with van der Waals surface area (Å²) in [5.74, 6) is 0.573. The molecule has 0 amide bonds. The Kier molecular flexibility index (Phi) is 8.79. The summed E-state index contributed by atoms with van der Waals surface area (Å²) in [4.78, 5) is 12.4. The molecule has 3 aromatic carbocycles. The van der Waals surface area contributed by atoms with Crippen LogP contribution in [0.15, 0.2) is 53.0 Å². The number of benzene rings is 3. The van der Waals surface area contributed by atoms with Crippen LogP contribution in [0.3, 0.4) is 0 Å². The molecule has 0 N–H and O–H groups in total. The van der Waals surface area contributed by atoms with Gasteiger partial charge >= 0.3 is 0 Å². The monoisotopic (exact) mass is 592 g/mol. The Bertz CT molecular complexity index is 1180. The molecule has 3 nitrogen and oxygen atoms in total. The van der Waals surface area contributed by atoms with E-state index in [4.69, 9.17) is 67.5 Å². The zero-order chi connectivity index (χ0) is 23.4. The molecule has 0 atom stereocenters. The van der Waals surface area contributed by atoms with Crippen molar-refractivity contribution >= 4 is 85.8 Å². The molecule has 3 rings (SSSR count). The minimum atomic E-state index is -0.121. The Balaban J connectivity index is 1.84. The smallest absolute Gasteiger partial charge is 0.185 e. The first-order valence-corrected chi connectivity index (χ1v) is 11.7. The fraction of sp³-hybridized carbons (Fsp3) is 0.0870. The number of rotatable bonds is 7. The fourth-order valence-electron chi connectivity index (χ4n) is 2.79. The van der Waals surface area contributed by atoms with E-state index in [1.165, 1.54) is 6.08 Å². The third-order valence-corrected chi connectivity index (χ3v) is 7.12. The van der Waals surface area contributed by atoms with Gasteiger partial charge in [-0.2, -0.15) is 0 Å². The first-order chi connectivity index (χ1) is 15.2. The molecule has 0 aliphatic rings. The lowest BCUT2D eigenvalue weighted by Crippen LogP contribution is -2.01. The summed E-state index contributed by atoms with van der Waals surface area (Å²) in [6.07, 6.45) is 3.21. The van der Waals surface area contributed by atoms with Gasteiger partial charge in [-0.1, -0.05) is 98.2 Å². The summed E-state index contributed by atoms with van der Waals surface area (Å²) in [5.41, 5.74) is 2.05. The number of methoxy groups -OCH3 is 1. The maximum Gasteiger partial charge on any atom is 0.185 e. The van der Waals surface area contributed by atoms with Crippen LogP contribution in [0.25, 0.3) is 6.08 Å². The van der Waals surface area contributed by atoms with E-state index in [0.29, 0.717) is 16.9 Å². The zero-order valence-electron chi connectivity index (χ0n) is 16.4. The van der Waals surface area contributed by atoms with E-state index in [-0.39, 0.29) is 43.3 Å². The van der Waals surface area contributed by atoms with Crippen molar-refractivity contribution in [2.45, 2.75) is 6.61 Å². The molecule has 0 radical (unpaired) electrons. The van der Waals surface area contributed by atoms with Crippen LogP contribution in [0, 0.1) is 0 Å². The van der Waals surface area contributed by atoms with Crippen LogP contribution in [-0.2, 0) is 6.61 Å². The van der Waals surface area contributed by atoms with Gasteiger partial charge in [-0.05, 0) is 35.9 Å². The molecule has 0 aliphatic carbocycles. The summed E-state index contributed by atoms with van der Waals surface area (Å²) >= 11 is 34.0. The summed E-state index contributed by atoms with van der Waals surface area (Å²) in [7, 11) is 1.54. The van der Waals surface area contributed by atoms with Gasteiger partial charge in [0.2, 0.25) is 0 Å². The summed E-state index contributed by atoms with van der Waals surface area (Å²) in [6, 6.07) is 12.6. The van der Waals surface area contributed by atoms with Crippen molar-refractivity contribution < 1.29 is 14.3 Å². The lowest BCUT2D eigenvalue weighted by atomic mass is 10.1. The van der Waals surface area contributed by atoms with Crippen molar-refractivity contribution in [3.05, 3.63) is 94.8 Å². The molecule has 0 saturated heterocycles. The Hall–Kier alpha value is -1.40. The number of hydrogen-bond acceptors (Lipinski definition) is 3. The maximum absolute atomic E-state index is 12.4. The molecule has 166 valence electrons. The topological polar surface area (TPSA) is 35.5 Å². The van der Waals surface area contributed by atoms with Gasteiger partial charge in [-0.25, -0.2) is 0 Å². The predicted octanol–water partition coefficient (Wildman–Crippen LogP) is 9.20. The molecule has 0 heterocycles. The van der Waals surface area contributed by atoms with Crippen LogP contribution in [0.1, 0.15) is 21.5 Å². The Labute approximate surface area is 218 Å². The lowest BCUT2D eigenvalue weighted by Gasteiger charge is -2.15. The number of carbonyl (C=O) groups is 1. The average Bonchev–Trinajstić information content (AvgIpc) is 2.80. The van der Waals surface area contributed by atoms with Crippen molar-refractivity contribution in [1.82, 2.24) is 0 Å². The third kappa shape index (κ3) is 5.74. The van der Waals surface area contributed by atoms with Crippen molar-refractivity contribution in [2.75, 3.05) is 7.11 Å². The van der Waals surface area contributed by atoms with Gasteiger partial charge in [-0.15, -0.1) is 0 Å². The first-order valence-electron chi connectivity index (χ1n) is 9.02. The predicted molar refractivity (Wildman–Crippen MR) is 136 cm³/mol. The summed E-state index contributed by atoms with van der Waals surface area (Å²) in [6.45, 7) is 0.0537. The van der Waals surface area contributed by atoms with E-state index < -0.39 is 0 Å². The van der Waals surface area contributed by atoms with Crippen molar-refractivity contribution in [1.29, 1.82) is 0 Å². The molecule has 0 bridgehead atoms. The number of ether oxygens (including phenoxy) is 2. The molecular formula is C23H14BrCl5O3. The number of halogens is 6. The minimum Gasteiger partial charge on any atom is -0.496 e. The van der Waals surface area contributed by atoms with Crippen LogP contribution in [0.4, 0.5) is 0 Å². The second kappa shape index (κ2) is 11.1. The first kappa shape index (κ1) is 25.2. The molecule has 0 unspecified atom stereocenters. The Morgan fingerprint density at radius 3 is 2.22 bits per heavy atom. The van der Waals surface area contributed by atoms with Gasteiger partial charge in [0, 0.05) is 15.6 Å². The number of allylic oxidation sites excluding steroid dienone is 1. The average molecular weight is 596 g/mol. The van der Waals surface area contributed by atoms with Crippen molar-refractivity contribution in [3.63, 3.8) is 0 Å². The molecule has 0 aliphatic heterocycles. The fourth-order valence-corrected chi connectivity index (χ4v) is 4.42. The van der Waals surface area contributed by atoms with E-state index in [1.54, 1.807) is 37.5 Å². The maximum atomic E-state index is 12.4. The van der Waals surface area contributed by atoms with Crippen LogP contribution < -0.4 is 9.47 Å². The Morgan fingerprint density at radius 1 is 0.938 bits per heavy atom. The SMILES string of the molecule is COc1ccc(/C=C/C(=O)c2cccc(Br)c2)cc1COc1c(Cl)c(Cl)c(Cl)c(Cl)c1Cl. The van der Waals surface area contributed by atoms with E-state index in [2.05, 4.69) is 15.9 Å². The highest BCUT2D eigenvalue weighted by atomic mass is 79.9. The van der Waals surface area contributed by atoms with Gasteiger partial charge in [0.1, 0.15) is 22.4 Å². The van der Waals surface area contributed by atoms with Crippen LogP contribution in [0.5, 0.6) is 11.5 Å². The lowest BCUT2D eigenvalue weighted by molar-refractivity contribution is 0.104. The number of carbonyl (C=O) groups excluding carboxylic acids is 1. The normalized spacial score (nSPS) is 11.1. The van der Waals surface area contributed by atoms with Crippen LogP contribution in [0.2, 0.25) is 25.1 Å². The van der Waals surface area contributed by atoms with E-state index in [1.807, 2.05) is 18.2 Å². The number of ketones is 1. The molecule has 0 spiro atoms. The molecule has 0 fully saturated rings. The molecular weight excluding hydrogens is 581 g/mol. The summed E-state index contributed by atoms with van der Waals surface area (Å²) in [5, 5.41) is 0.261. The standard InChI is InChI=1S/C23H14BrCl5O3/c1-31-17-8-6-12(5-7-16(30)13-3-2-4-15(24)10-13)9-14(17)11-32-23-21(28)19(26)18(25)20(27)22(23)29/h2-10H,11H2,1H3/b7-5+. The quantitative estimate of drug-likeness (QED) is 0.118. The second-order valence-electron chi connectivity index (χ2n) is 6.47. The summed E-state index contributed by atoms with van der Waals surface area (Å²) < 4.78 is 12.1.